The molecule has 0 aliphatic heterocycles. The normalized spacial score (nSPS) is 12.3. The van der Waals surface area contributed by atoms with Crippen molar-refractivity contribution in [1.29, 1.82) is 0 Å². The molecule has 0 saturated heterocycles. The highest BCUT2D eigenvalue weighted by molar-refractivity contribution is 6.17. The summed E-state index contributed by atoms with van der Waals surface area (Å²) >= 11 is 0. The van der Waals surface area contributed by atoms with Gasteiger partial charge in [0.05, 0.1) is 22.4 Å². The van der Waals surface area contributed by atoms with Crippen LogP contribution in [0.25, 0.3) is 143 Å². The molecule has 1 aliphatic rings. The topological polar surface area (TPSA) is 84.3 Å². The monoisotopic (exact) mass is 1290 g/mol. The van der Waals surface area contributed by atoms with Crippen molar-refractivity contribution in [2.75, 3.05) is 9.80 Å². The fraction of sp³-hybridized carbons (Fsp3) is 0.0323. The predicted molar refractivity (Wildman–Crippen MR) is 417 cm³/mol. The minimum atomic E-state index is -0.131. The second-order valence-electron chi connectivity index (χ2n) is 26.5. The molecule has 0 saturated carbocycles. The summed E-state index contributed by atoms with van der Waals surface area (Å²) in [5.74, 6) is 1.30. The molecule has 4 heterocycles. The number of rotatable bonds is 10. The molecule has 8 nitrogen and oxygen atoms in total. The van der Waals surface area contributed by atoms with Gasteiger partial charge in [0.15, 0.2) is 5.82 Å². The number of anilines is 6. The molecule has 20 rings (SSSR count). The lowest BCUT2D eigenvalue weighted by molar-refractivity contribution is 0.660. The van der Waals surface area contributed by atoms with E-state index in [9.17, 15) is 0 Å². The zero-order chi connectivity index (χ0) is 67.1. The molecular weight excluding hydrogens is 1230 g/mol. The van der Waals surface area contributed by atoms with E-state index in [1.165, 1.54) is 44.2 Å². The van der Waals surface area contributed by atoms with Gasteiger partial charge in [0, 0.05) is 93.6 Å². The van der Waals surface area contributed by atoms with Crippen molar-refractivity contribution in [3.63, 3.8) is 0 Å². The van der Waals surface area contributed by atoms with Gasteiger partial charge >= 0.3 is 0 Å². The van der Waals surface area contributed by atoms with Crippen LogP contribution in [-0.2, 0) is 5.41 Å². The number of aromatic nitrogens is 4. The fourth-order valence-corrected chi connectivity index (χ4v) is 15.1. The van der Waals surface area contributed by atoms with Gasteiger partial charge < -0.3 is 13.7 Å². The largest absolute Gasteiger partial charge is 0.455 e. The average molecular weight is 1300 g/mol. The Morgan fingerprint density at radius 2 is 0.703 bits per heavy atom. The minimum Gasteiger partial charge on any atom is -0.455 e. The van der Waals surface area contributed by atoms with Gasteiger partial charge in [-0.1, -0.05) is 220 Å². The zero-order valence-electron chi connectivity index (χ0n) is 55.3. The van der Waals surface area contributed by atoms with Crippen molar-refractivity contribution < 1.29 is 8.83 Å². The van der Waals surface area contributed by atoms with E-state index < -0.39 is 0 Å². The van der Waals surface area contributed by atoms with Crippen LogP contribution in [0, 0.1) is 0 Å². The highest BCUT2D eigenvalue weighted by Gasteiger charge is 2.36. The summed E-state index contributed by atoms with van der Waals surface area (Å²) in [6.07, 6.45) is 0. The summed E-state index contributed by atoms with van der Waals surface area (Å²) < 4.78 is 12.9. The van der Waals surface area contributed by atoms with E-state index in [4.69, 9.17) is 28.8 Å². The average Bonchev–Trinajstić information content (AvgIpc) is 1.59. The lowest BCUT2D eigenvalue weighted by Crippen LogP contribution is -2.17. The molecule has 4 aromatic heterocycles. The van der Waals surface area contributed by atoms with E-state index in [2.05, 4.69) is 327 Å². The Morgan fingerprint density at radius 1 is 0.267 bits per heavy atom. The Kier molecular flexibility index (Phi) is 14.1. The number of hydrogen-bond acceptors (Lipinski definition) is 8. The van der Waals surface area contributed by atoms with E-state index in [0.29, 0.717) is 11.8 Å². The third-order valence-corrected chi connectivity index (χ3v) is 20.1. The summed E-state index contributed by atoms with van der Waals surface area (Å²) in [6, 6.07) is 119. The van der Waals surface area contributed by atoms with Gasteiger partial charge in [-0.2, -0.15) is 0 Å². The molecule has 1 aliphatic carbocycles. The van der Waals surface area contributed by atoms with Crippen LogP contribution < -0.4 is 9.80 Å². The minimum absolute atomic E-state index is 0.131. The van der Waals surface area contributed by atoms with Crippen molar-refractivity contribution in [2.45, 2.75) is 19.3 Å². The van der Waals surface area contributed by atoms with E-state index in [0.717, 1.165) is 133 Å². The van der Waals surface area contributed by atoms with E-state index in [1.54, 1.807) is 0 Å². The summed E-state index contributed by atoms with van der Waals surface area (Å²) in [5.41, 5.74) is 22.8. The van der Waals surface area contributed by atoms with Gasteiger partial charge in [0.1, 0.15) is 22.3 Å². The molecule has 0 fully saturated rings. The van der Waals surface area contributed by atoms with Crippen LogP contribution in [0.1, 0.15) is 25.0 Å². The fourth-order valence-electron chi connectivity index (χ4n) is 15.1. The number of nitrogens with zero attached hydrogens (tertiary/aromatic N) is 6. The molecule has 8 heteroatoms. The highest BCUT2D eigenvalue weighted by atomic mass is 16.3. The molecular formula is C93H62N6O2. The van der Waals surface area contributed by atoms with Crippen molar-refractivity contribution in [3.05, 3.63) is 351 Å². The Labute approximate surface area is 583 Å². The van der Waals surface area contributed by atoms with Crippen molar-refractivity contribution in [2.24, 2.45) is 0 Å². The lowest BCUT2D eigenvalue weighted by atomic mass is 9.82. The second-order valence-corrected chi connectivity index (χ2v) is 26.5. The maximum absolute atomic E-state index is 6.46. The maximum Gasteiger partial charge on any atom is 0.235 e. The molecule has 476 valence electrons. The van der Waals surface area contributed by atoms with Crippen LogP contribution in [0.15, 0.2) is 349 Å². The molecule has 0 N–H and O–H groups in total. The maximum atomic E-state index is 6.46. The summed E-state index contributed by atoms with van der Waals surface area (Å²) in [7, 11) is 0. The van der Waals surface area contributed by atoms with Gasteiger partial charge in [-0.25, -0.2) is 19.9 Å². The van der Waals surface area contributed by atoms with E-state index in [1.807, 2.05) is 36.4 Å². The summed E-state index contributed by atoms with van der Waals surface area (Å²) in [5, 5.41) is 10.9. The highest BCUT2D eigenvalue weighted by Crippen LogP contribution is 2.51. The van der Waals surface area contributed by atoms with Crippen LogP contribution in [0.3, 0.4) is 0 Å². The molecule has 19 aromatic rings. The SMILES string of the molecule is CC1(C)c2ccccc2-c2ccc(N(c3ccccc3)c3nc(-c4ccc5oc6c7ccccc7ccc6c5c4)c4ccccc4n3)cc21.c1ccc(-c2ccc(N(c3ccccc3)c3ccc(-c4nc(-c5ccc6oc7c8ccccc8ccc7c6c5)c5ccccc5n4)cc3)cc2)cc1. The Hall–Kier alpha value is -13.3. The smallest absolute Gasteiger partial charge is 0.235 e. The number of fused-ring (bicyclic) bond motifs is 15. The van der Waals surface area contributed by atoms with Crippen molar-refractivity contribution in [1.82, 2.24) is 19.9 Å². The molecule has 0 spiro atoms. The summed E-state index contributed by atoms with van der Waals surface area (Å²) in [4.78, 5) is 25.4. The molecule has 0 radical (unpaired) electrons. The zero-order valence-corrected chi connectivity index (χ0v) is 55.3. The number of benzene rings is 15. The lowest BCUT2D eigenvalue weighted by Gasteiger charge is -2.27. The van der Waals surface area contributed by atoms with Crippen LogP contribution in [0.4, 0.5) is 34.4 Å². The number of furan rings is 2. The molecule has 101 heavy (non-hydrogen) atoms. The first-order valence-electron chi connectivity index (χ1n) is 34.2. The first-order chi connectivity index (χ1) is 49.8. The molecule has 0 bridgehead atoms. The third kappa shape index (κ3) is 10.2. The molecule has 0 unspecified atom stereocenters. The van der Waals surface area contributed by atoms with Crippen molar-refractivity contribution >= 4 is 122 Å². The van der Waals surface area contributed by atoms with Gasteiger partial charge in [0.2, 0.25) is 5.95 Å². The van der Waals surface area contributed by atoms with Crippen LogP contribution in [-0.4, -0.2) is 19.9 Å². The first-order valence-corrected chi connectivity index (χ1v) is 34.2. The third-order valence-electron chi connectivity index (χ3n) is 20.1. The number of hydrogen-bond donors (Lipinski definition) is 0. The van der Waals surface area contributed by atoms with Gasteiger partial charge in [-0.05, 0) is 178 Å². The van der Waals surface area contributed by atoms with Crippen LogP contribution in [0.5, 0.6) is 0 Å². The summed E-state index contributed by atoms with van der Waals surface area (Å²) in [6.45, 7) is 4.63. The Morgan fingerprint density at radius 3 is 1.30 bits per heavy atom. The number of para-hydroxylation sites is 4. The van der Waals surface area contributed by atoms with Crippen LogP contribution in [0.2, 0.25) is 0 Å². The van der Waals surface area contributed by atoms with Gasteiger partial charge in [-0.3, -0.25) is 4.90 Å². The molecule has 0 amide bonds. The Bertz CT molecular complexity index is 6430. The van der Waals surface area contributed by atoms with Gasteiger partial charge in [0.25, 0.3) is 0 Å². The van der Waals surface area contributed by atoms with Gasteiger partial charge in [-0.15, -0.1) is 0 Å². The van der Waals surface area contributed by atoms with E-state index >= 15 is 0 Å². The molecule has 0 atom stereocenters. The first kappa shape index (κ1) is 59.0. The Balaban J connectivity index is 0.000000140. The predicted octanol–water partition coefficient (Wildman–Crippen LogP) is 25.3. The quantitative estimate of drug-likeness (QED) is 0.134. The second kappa shape index (κ2) is 24.1. The van der Waals surface area contributed by atoms with Crippen molar-refractivity contribution in [3.8, 4) is 56.2 Å². The standard InChI is InChI=1S/C48H31N3O.C45H31N3O/c1-3-11-32(12-4-1)33-19-25-38(26-20-33)51(37-14-5-2-6-15-37)39-27-21-35(22-28-39)48-49-44-18-10-9-17-42(44)46(50-48)36-24-30-45-43(31-36)41-29-23-34-13-7-8-16-40(34)47(41)52-45;1-45(2)38-18-10-8-16-33(38)34-24-22-31(27-39(34)45)48(30-13-4-3-5-14-30)44-46-40-19-11-9-17-36(40)42(47-44)29-21-25-41-37(26-29)35-23-20-28-12-6-7-15-32(28)43(35)49-41/h1-31H;3-27H,1-2H3. The van der Waals surface area contributed by atoms with E-state index in [-0.39, 0.29) is 5.41 Å². The van der Waals surface area contributed by atoms with Crippen LogP contribution >= 0.6 is 0 Å². The molecule has 15 aromatic carbocycles.